The van der Waals surface area contributed by atoms with E-state index in [-0.39, 0.29) is 5.82 Å². The first-order chi connectivity index (χ1) is 15.7. The molecule has 0 radical (unpaired) electrons. The lowest BCUT2D eigenvalue weighted by molar-refractivity contribution is 0.123. The summed E-state index contributed by atoms with van der Waals surface area (Å²) in [5.41, 5.74) is 14.8. The van der Waals surface area contributed by atoms with Gasteiger partial charge in [0.25, 0.3) is 0 Å². The van der Waals surface area contributed by atoms with Crippen LogP contribution in [0.2, 0.25) is 0 Å². The van der Waals surface area contributed by atoms with Crippen molar-refractivity contribution < 1.29 is 5.11 Å². The lowest BCUT2D eigenvalue weighted by atomic mass is 9.98. The smallest absolute Gasteiger partial charge is 0.132 e. The molecule has 8 N–H and O–H groups in total. The van der Waals surface area contributed by atoms with Gasteiger partial charge in [0.1, 0.15) is 11.6 Å². The lowest BCUT2D eigenvalue weighted by Gasteiger charge is -2.19. The van der Waals surface area contributed by atoms with E-state index in [1.165, 1.54) is 6.20 Å². The molecule has 0 aliphatic rings. The highest BCUT2D eigenvalue weighted by molar-refractivity contribution is 6.30. The molecular weight excluding hydrogens is 416 g/mol. The molecule has 170 valence electrons. The molecule has 0 unspecified atom stereocenters. The second-order valence-electron chi connectivity index (χ2n) is 7.82. The van der Waals surface area contributed by atoms with Crippen LogP contribution in [0.3, 0.4) is 0 Å². The van der Waals surface area contributed by atoms with Gasteiger partial charge in [-0.3, -0.25) is 15.4 Å². The van der Waals surface area contributed by atoms with Gasteiger partial charge in [-0.05, 0) is 50.3 Å². The predicted molar refractivity (Wildman–Crippen MR) is 132 cm³/mol. The number of nitrogens with two attached hydrogens (primary N) is 2. The van der Waals surface area contributed by atoms with Crippen LogP contribution in [0.15, 0.2) is 78.8 Å². The Morgan fingerprint density at radius 3 is 2.48 bits per heavy atom. The number of hydrogen-bond donors (Lipinski definition) is 6. The van der Waals surface area contributed by atoms with Crippen molar-refractivity contribution >= 4 is 28.1 Å². The number of pyridine rings is 3. The van der Waals surface area contributed by atoms with Gasteiger partial charge in [0.15, 0.2) is 0 Å². The molecule has 0 atom stereocenters. The topological polar surface area (TPSA) is 159 Å². The first kappa shape index (κ1) is 23.4. The summed E-state index contributed by atoms with van der Waals surface area (Å²) >= 11 is 0. The summed E-state index contributed by atoms with van der Waals surface area (Å²) < 4.78 is 0. The van der Waals surface area contributed by atoms with Crippen molar-refractivity contribution in [3.05, 3.63) is 89.9 Å². The van der Waals surface area contributed by atoms with E-state index < -0.39 is 5.60 Å². The molecule has 3 heterocycles. The van der Waals surface area contributed by atoms with Gasteiger partial charge < -0.3 is 27.2 Å². The molecule has 0 spiro atoms. The molecular formula is C24H28N8O. The summed E-state index contributed by atoms with van der Waals surface area (Å²) in [4.78, 5) is 13.1. The molecule has 3 aromatic heterocycles. The highest BCUT2D eigenvalue weighted by Gasteiger charge is 2.17. The zero-order valence-electron chi connectivity index (χ0n) is 18.8. The molecule has 0 saturated heterocycles. The molecule has 3 rings (SSSR count). The van der Waals surface area contributed by atoms with Crippen molar-refractivity contribution in [2.45, 2.75) is 19.4 Å². The Morgan fingerprint density at radius 2 is 1.85 bits per heavy atom. The van der Waals surface area contributed by atoms with E-state index in [9.17, 15) is 5.11 Å². The molecule has 9 nitrogen and oxygen atoms in total. The number of aliphatic hydroxyl groups is 1. The number of allylic oxidation sites excluding steroid dienone is 1. The lowest BCUT2D eigenvalue weighted by Crippen LogP contribution is -2.23. The van der Waals surface area contributed by atoms with Crippen molar-refractivity contribution in [2.24, 2.45) is 11.5 Å². The van der Waals surface area contributed by atoms with Crippen LogP contribution < -0.4 is 22.1 Å². The maximum atomic E-state index is 10.2. The normalized spacial score (nSPS) is 13.2. The van der Waals surface area contributed by atoms with Gasteiger partial charge in [0.2, 0.25) is 0 Å². The highest BCUT2D eigenvalue weighted by Crippen LogP contribution is 2.23. The highest BCUT2D eigenvalue weighted by atomic mass is 16.3. The minimum absolute atomic E-state index is 0.278. The van der Waals surface area contributed by atoms with Crippen molar-refractivity contribution in [3.63, 3.8) is 0 Å². The Labute approximate surface area is 192 Å². The van der Waals surface area contributed by atoms with E-state index in [1.54, 1.807) is 70.0 Å². The standard InChI is InChI=1S/C24H28N8O/c1-24(2,33)17(12-25)11-21(26)32-22-5-4-19-20(31-22)10-16(13-30-19)18(14-28-3)23(27)15-6-8-29-9-7-15/h4-14,27-28,33H,25-26H2,1-3H3,(H,31,32)/b17-12+,18-14-,21-11+,27-23?. The molecule has 33 heavy (non-hydrogen) atoms. The minimum Gasteiger partial charge on any atom is -0.404 e. The molecule has 0 bridgehead atoms. The quantitative estimate of drug-likeness (QED) is 0.228. The van der Waals surface area contributed by atoms with Crippen LogP contribution in [0.4, 0.5) is 5.82 Å². The minimum atomic E-state index is -1.13. The average Bonchev–Trinajstić information content (AvgIpc) is 2.80. The summed E-state index contributed by atoms with van der Waals surface area (Å²) in [5, 5.41) is 24.8. The van der Waals surface area contributed by atoms with Gasteiger partial charge >= 0.3 is 0 Å². The van der Waals surface area contributed by atoms with Gasteiger partial charge in [-0.15, -0.1) is 0 Å². The van der Waals surface area contributed by atoms with Gasteiger partial charge in [-0.1, -0.05) is 0 Å². The fourth-order valence-corrected chi connectivity index (χ4v) is 3.12. The van der Waals surface area contributed by atoms with Crippen molar-refractivity contribution in [2.75, 3.05) is 12.4 Å². The van der Waals surface area contributed by atoms with Crippen molar-refractivity contribution in [3.8, 4) is 0 Å². The summed E-state index contributed by atoms with van der Waals surface area (Å²) in [6, 6.07) is 9.03. The molecule has 0 amide bonds. The van der Waals surface area contributed by atoms with Crippen molar-refractivity contribution in [1.29, 1.82) is 5.41 Å². The maximum Gasteiger partial charge on any atom is 0.132 e. The fourth-order valence-electron chi connectivity index (χ4n) is 3.12. The molecule has 9 heteroatoms. The van der Waals surface area contributed by atoms with Gasteiger partial charge in [-0.25, -0.2) is 4.98 Å². The molecule has 3 aromatic rings. The zero-order valence-corrected chi connectivity index (χ0v) is 18.8. The zero-order chi connectivity index (χ0) is 24.0. The molecule has 0 aromatic carbocycles. The molecule has 0 aliphatic heterocycles. The van der Waals surface area contributed by atoms with Crippen LogP contribution in [0.5, 0.6) is 0 Å². The van der Waals surface area contributed by atoms with Crippen LogP contribution in [-0.2, 0) is 0 Å². The third-order valence-corrected chi connectivity index (χ3v) is 4.84. The Balaban J connectivity index is 1.94. The number of fused-ring (bicyclic) bond motifs is 1. The Kier molecular flexibility index (Phi) is 7.04. The number of aromatic nitrogens is 3. The van der Waals surface area contributed by atoms with Crippen LogP contribution in [0, 0.1) is 5.41 Å². The summed E-state index contributed by atoms with van der Waals surface area (Å²) in [6.45, 7) is 3.24. The molecule has 0 fully saturated rings. The Morgan fingerprint density at radius 1 is 1.12 bits per heavy atom. The Hall–Kier alpha value is -4.24. The first-order valence-corrected chi connectivity index (χ1v) is 10.3. The van der Waals surface area contributed by atoms with E-state index in [0.717, 1.165) is 11.1 Å². The van der Waals surface area contributed by atoms with Gasteiger partial charge in [0, 0.05) is 60.3 Å². The number of rotatable bonds is 8. The van der Waals surface area contributed by atoms with Crippen molar-refractivity contribution in [1.82, 2.24) is 20.3 Å². The molecule has 0 saturated carbocycles. The first-order valence-electron chi connectivity index (χ1n) is 10.3. The fraction of sp³-hybridized carbons (Fsp3) is 0.167. The third-order valence-electron chi connectivity index (χ3n) is 4.84. The van der Waals surface area contributed by atoms with E-state index in [0.29, 0.717) is 33.7 Å². The third kappa shape index (κ3) is 5.72. The van der Waals surface area contributed by atoms with E-state index in [1.807, 2.05) is 12.1 Å². The number of nitrogens with zero attached hydrogens (tertiary/aromatic N) is 3. The van der Waals surface area contributed by atoms with Crippen LogP contribution in [0.1, 0.15) is 25.0 Å². The SMILES string of the molecule is CN/C=C(\C(=N)c1ccncc1)c1cnc2ccc(N/C(N)=C/C(=C\N)C(C)(C)O)nc2c1. The number of anilines is 1. The average molecular weight is 445 g/mol. The second-order valence-corrected chi connectivity index (χ2v) is 7.82. The number of hydrogen-bond acceptors (Lipinski definition) is 9. The van der Waals surface area contributed by atoms with Crippen LogP contribution >= 0.6 is 0 Å². The monoisotopic (exact) mass is 444 g/mol. The second kappa shape index (κ2) is 9.92. The van der Waals surface area contributed by atoms with Crippen LogP contribution in [0.25, 0.3) is 16.6 Å². The van der Waals surface area contributed by atoms with E-state index >= 15 is 0 Å². The summed E-state index contributed by atoms with van der Waals surface area (Å²) in [7, 11) is 1.78. The predicted octanol–water partition coefficient (Wildman–Crippen LogP) is 2.48. The summed E-state index contributed by atoms with van der Waals surface area (Å²) in [5.74, 6) is 0.783. The molecule has 0 aliphatic carbocycles. The largest absolute Gasteiger partial charge is 0.404 e. The van der Waals surface area contributed by atoms with E-state index in [2.05, 4.69) is 25.6 Å². The van der Waals surface area contributed by atoms with Gasteiger partial charge in [-0.2, -0.15) is 0 Å². The van der Waals surface area contributed by atoms with Gasteiger partial charge in [0.05, 0.1) is 22.3 Å². The van der Waals surface area contributed by atoms with Crippen LogP contribution in [-0.4, -0.2) is 38.4 Å². The number of nitrogens with one attached hydrogen (secondary N) is 3. The maximum absolute atomic E-state index is 10.2. The summed E-state index contributed by atoms with van der Waals surface area (Å²) in [6.07, 6.45) is 9.65. The Bertz CT molecular complexity index is 1240. The van der Waals surface area contributed by atoms with E-state index in [4.69, 9.17) is 16.9 Å².